The zero-order valence-electron chi connectivity index (χ0n) is 11.4. The maximum atomic E-state index is 12.1. The van der Waals surface area contributed by atoms with Crippen molar-refractivity contribution in [3.63, 3.8) is 0 Å². The quantitative estimate of drug-likeness (QED) is 0.724. The first-order chi connectivity index (χ1) is 9.72. The lowest BCUT2D eigenvalue weighted by Crippen LogP contribution is -2.49. The summed E-state index contributed by atoms with van der Waals surface area (Å²) in [5.74, 6) is 0.0402. The van der Waals surface area contributed by atoms with Crippen molar-refractivity contribution in [2.75, 3.05) is 32.7 Å². The lowest BCUT2D eigenvalue weighted by atomic mass is 10.3. The number of nitrogens with two attached hydrogens (primary N) is 1. The number of hydrogen-bond donors (Lipinski definition) is 1. The second-order valence-electron chi connectivity index (χ2n) is 4.74. The Morgan fingerprint density at radius 3 is 2.75 bits per heavy atom. The second kappa shape index (κ2) is 6.98. The van der Waals surface area contributed by atoms with Crippen LogP contribution < -0.4 is 5.73 Å². The smallest absolute Gasteiger partial charge is 0.244 e. The van der Waals surface area contributed by atoms with Crippen molar-refractivity contribution in [2.45, 2.75) is 19.5 Å². The van der Waals surface area contributed by atoms with Crippen molar-refractivity contribution < 1.29 is 4.79 Å². The summed E-state index contributed by atoms with van der Waals surface area (Å²) >= 11 is 0. The molecule has 1 aromatic rings. The van der Waals surface area contributed by atoms with E-state index in [1.165, 1.54) is 4.68 Å². The largest absolute Gasteiger partial charge is 0.339 e. The molecule has 20 heavy (non-hydrogen) atoms. The van der Waals surface area contributed by atoms with Crippen molar-refractivity contribution in [2.24, 2.45) is 5.73 Å². The van der Waals surface area contributed by atoms with Gasteiger partial charge >= 0.3 is 0 Å². The van der Waals surface area contributed by atoms with Crippen LogP contribution in [0.5, 0.6) is 0 Å². The van der Waals surface area contributed by atoms with Crippen LogP contribution in [-0.2, 0) is 17.9 Å². The van der Waals surface area contributed by atoms with Crippen LogP contribution in [0.1, 0.15) is 12.1 Å². The molecule has 2 N–H and O–H groups in total. The molecular formula is C12H19N7O. The number of rotatable bonds is 5. The molecule has 8 nitrogen and oxygen atoms in total. The van der Waals surface area contributed by atoms with E-state index in [9.17, 15) is 4.79 Å². The lowest BCUT2D eigenvalue weighted by Gasteiger charge is -2.34. The third kappa shape index (κ3) is 3.76. The summed E-state index contributed by atoms with van der Waals surface area (Å²) in [7, 11) is 0. The Hall–Kier alpha value is -1.98. The molecule has 0 unspecified atom stereocenters. The molecule has 0 radical (unpaired) electrons. The predicted octanol–water partition coefficient (Wildman–Crippen LogP) is -1.21. The van der Waals surface area contributed by atoms with Crippen LogP contribution in [0.2, 0.25) is 0 Å². The Labute approximate surface area is 117 Å². The van der Waals surface area contributed by atoms with E-state index in [2.05, 4.69) is 21.3 Å². The van der Waals surface area contributed by atoms with Crippen LogP contribution in [0.4, 0.5) is 0 Å². The molecule has 8 heteroatoms. The molecule has 2 heterocycles. The van der Waals surface area contributed by atoms with Gasteiger partial charge in [-0.25, -0.2) is 4.68 Å². The van der Waals surface area contributed by atoms with Gasteiger partial charge in [0, 0.05) is 45.7 Å². The minimum absolute atomic E-state index is 0.0402. The summed E-state index contributed by atoms with van der Waals surface area (Å²) in [4.78, 5) is 16.2. The van der Waals surface area contributed by atoms with Gasteiger partial charge in [0.15, 0.2) is 0 Å². The van der Waals surface area contributed by atoms with E-state index < -0.39 is 0 Å². The Morgan fingerprint density at radius 1 is 1.40 bits per heavy atom. The SMILES string of the molecule is N#CCCN1CCN(C(=O)Cn2cc(CN)nn2)CC1. The molecule has 1 saturated heterocycles. The minimum Gasteiger partial charge on any atom is -0.339 e. The monoisotopic (exact) mass is 277 g/mol. The fourth-order valence-electron chi connectivity index (χ4n) is 2.18. The van der Waals surface area contributed by atoms with Gasteiger partial charge in [0.05, 0.1) is 18.0 Å². The Balaban J connectivity index is 1.78. The molecule has 1 aromatic heterocycles. The molecule has 1 aliphatic rings. The molecule has 2 rings (SSSR count). The number of nitriles is 1. The molecule has 0 aromatic carbocycles. The van der Waals surface area contributed by atoms with Crippen molar-refractivity contribution in [1.29, 1.82) is 5.26 Å². The van der Waals surface area contributed by atoms with E-state index in [0.717, 1.165) is 19.6 Å². The topological polar surface area (TPSA) is 104 Å². The van der Waals surface area contributed by atoms with Gasteiger partial charge in [-0.3, -0.25) is 9.69 Å². The van der Waals surface area contributed by atoms with Gasteiger partial charge in [0.2, 0.25) is 5.91 Å². The molecular weight excluding hydrogens is 258 g/mol. The first kappa shape index (κ1) is 14.4. The molecule has 0 saturated carbocycles. The number of carbonyl (C=O) groups is 1. The average molecular weight is 277 g/mol. The van der Waals surface area contributed by atoms with Crippen LogP contribution in [0, 0.1) is 11.3 Å². The first-order valence-electron chi connectivity index (χ1n) is 6.69. The summed E-state index contributed by atoms with van der Waals surface area (Å²) in [6.07, 6.45) is 2.23. The Morgan fingerprint density at radius 2 is 2.15 bits per heavy atom. The molecule has 0 atom stereocenters. The third-order valence-corrected chi connectivity index (χ3v) is 3.36. The highest BCUT2D eigenvalue weighted by molar-refractivity contribution is 5.76. The highest BCUT2D eigenvalue weighted by atomic mass is 16.2. The van der Waals surface area contributed by atoms with Crippen molar-refractivity contribution in [3.05, 3.63) is 11.9 Å². The van der Waals surface area contributed by atoms with Crippen LogP contribution in [-0.4, -0.2) is 63.4 Å². The summed E-state index contributed by atoms with van der Waals surface area (Å²) in [5.41, 5.74) is 6.13. The molecule has 0 spiro atoms. The number of carbonyl (C=O) groups excluding carboxylic acids is 1. The maximum Gasteiger partial charge on any atom is 0.244 e. The molecule has 1 amide bonds. The van der Waals surface area contributed by atoms with Crippen LogP contribution in [0.3, 0.4) is 0 Å². The standard InChI is InChI=1S/C12H19N7O/c13-2-1-3-17-4-6-18(7-5-17)12(20)10-19-9-11(8-14)15-16-19/h9H,1,3-8,10,14H2. The fourth-order valence-corrected chi connectivity index (χ4v) is 2.18. The maximum absolute atomic E-state index is 12.1. The summed E-state index contributed by atoms with van der Waals surface area (Å²) < 4.78 is 1.52. The number of aromatic nitrogens is 3. The Kier molecular flexibility index (Phi) is 5.03. The van der Waals surface area contributed by atoms with E-state index >= 15 is 0 Å². The molecule has 0 bridgehead atoms. The summed E-state index contributed by atoms with van der Waals surface area (Å²) in [6.45, 7) is 4.33. The van der Waals surface area contributed by atoms with Crippen molar-refractivity contribution in [1.82, 2.24) is 24.8 Å². The normalized spacial score (nSPS) is 16.1. The van der Waals surface area contributed by atoms with Crippen LogP contribution >= 0.6 is 0 Å². The first-order valence-corrected chi connectivity index (χ1v) is 6.69. The molecule has 108 valence electrons. The van der Waals surface area contributed by atoms with Gasteiger partial charge in [-0.15, -0.1) is 5.10 Å². The van der Waals surface area contributed by atoms with E-state index in [0.29, 0.717) is 31.7 Å². The van der Waals surface area contributed by atoms with Gasteiger partial charge in [0.1, 0.15) is 6.54 Å². The number of nitrogens with zero attached hydrogens (tertiary/aromatic N) is 6. The van der Waals surface area contributed by atoms with Crippen molar-refractivity contribution in [3.8, 4) is 6.07 Å². The Bertz CT molecular complexity index is 484. The van der Waals surface area contributed by atoms with Gasteiger partial charge in [0.25, 0.3) is 0 Å². The van der Waals surface area contributed by atoms with Crippen LogP contribution in [0.25, 0.3) is 0 Å². The van der Waals surface area contributed by atoms with E-state index in [4.69, 9.17) is 11.0 Å². The van der Waals surface area contributed by atoms with E-state index in [1.807, 2.05) is 4.90 Å². The fraction of sp³-hybridized carbons (Fsp3) is 0.667. The highest BCUT2D eigenvalue weighted by Crippen LogP contribution is 2.04. The number of amides is 1. The van der Waals surface area contributed by atoms with E-state index in [1.54, 1.807) is 6.20 Å². The highest BCUT2D eigenvalue weighted by Gasteiger charge is 2.21. The molecule has 0 aliphatic carbocycles. The van der Waals surface area contributed by atoms with Gasteiger partial charge in [-0.1, -0.05) is 5.21 Å². The third-order valence-electron chi connectivity index (χ3n) is 3.36. The zero-order chi connectivity index (χ0) is 14.4. The number of piperazine rings is 1. The van der Waals surface area contributed by atoms with Gasteiger partial charge in [-0.2, -0.15) is 5.26 Å². The van der Waals surface area contributed by atoms with Gasteiger partial charge in [-0.05, 0) is 0 Å². The minimum atomic E-state index is 0.0402. The average Bonchev–Trinajstić information content (AvgIpc) is 2.93. The van der Waals surface area contributed by atoms with Crippen molar-refractivity contribution >= 4 is 5.91 Å². The van der Waals surface area contributed by atoms with E-state index in [-0.39, 0.29) is 12.5 Å². The molecule has 1 fully saturated rings. The van der Waals surface area contributed by atoms with Crippen LogP contribution in [0.15, 0.2) is 6.20 Å². The zero-order valence-corrected chi connectivity index (χ0v) is 11.4. The molecule has 1 aliphatic heterocycles. The predicted molar refractivity (Wildman–Crippen MR) is 71.2 cm³/mol. The lowest BCUT2D eigenvalue weighted by molar-refractivity contribution is -0.133. The second-order valence-corrected chi connectivity index (χ2v) is 4.74. The number of hydrogen-bond acceptors (Lipinski definition) is 6. The summed E-state index contributed by atoms with van der Waals surface area (Å²) in [6, 6.07) is 2.14. The summed E-state index contributed by atoms with van der Waals surface area (Å²) in [5, 5.41) is 16.3. The van der Waals surface area contributed by atoms with Gasteiger partial charge < -0.3 is 10.6 Å².